The van der Waals surface area contributed by atoms with E-state index in [9.17, 15) is 4.21 Å². The van der Waals surface area contributed by atoms with Crippen LogP contribution in [0, 0.1) is 0 Å². The first-order valence-corrected chi connectivity index (χ1v) is 7.46. The fraction of sp³-hybridized carbons (Fsp3) is 0.467. The maximum Gasteiger partial charge on any atom is 0.118 e. The number of benzene rings is 1. The van der Waals surface area contributed by atoms with E-state index in [4.69, 9.17) is 4.74 Å². The third-order valence-corrected chi connectivity index (χ3v) is 4.34. The minimum absolute atomic E-state index is 0.00321. The Balaban J connectivity index is 2.87. The fourth-order valence-corrected chi connectivity index (χ4v) is 2.41. The van der Waals surface area contributed by atoms with Gasteiger partial charge in [0, 0.05) is 6.04 Å². The smallest absolute Gasteiger partial charge is 0.118 e. The highest BCUT2D eigenvalue weighted by Crippen LogP contribution is 2.22. The van der Waals surface area contributed by atoms with Gasteiger partial charge in [-0.2, -0.15) is 0 Å². The Kier molecular flexibility index (Phi) is 5.76. The molecule has 1 N–H and O–H groups in total. The minimum atomic E-state index is -1.11. The quantitative estimate of drug-likeness (QED) is 0.812. The average molecular weight is 281 g/mol. The summed E-state index contributed by atoms with van der Waals surface area (Å²) in [5.74, 6) is 0.818. The van der Waals surface area contributed by atoms with Gasteiger partial charge in [-0.3, -0.25) is 0 Å². The highest BCUT2D eigenvalue weighted by atomic mass is 32.2. The molecule has 2 atom stereocenters. The molecule has 19 heavy (non-hydrogen) atoms. The maximum absolute atomic E-state index is 12.2. The normalized spacial score (nSPS) is 14.7. The van der Waals surface area contributed by atoms with Crippen molar-refractivity contribution in [2.45, 2.75) is 38.0 Å². The van der Waals surface area contributed by atoms with Crippen LogP contribution in [0.1, 0.15) is 38.8 Å². The van der Waals surface area contributed by atoms with Crippen molar-refractivity contribution in [2.24, 2.45) is 0 Å². The summed E-state index contributed by atoms with van der Waals surface area (Å²) in [6.45, 7) is 9.63. The van der Waals surface area contributed by atoms with Crippen LogP contribution in [0.4, 0.5) is 0 Å². The molecule has 0 aliphatic carbocycles. The van der Waals surface area contributed by atoms with Crippen molar-refractivity contribution in [2.75, 3.05) is 7.11 Å². The molecular weight excluding hydrogens is 258 g/mol. The van der Waals surface area contributed by atoms with E-state index in [-0.39, 0.29) is 10.8 Å². The number of nitrogens with one attached hydrogen (secondary N) is 1. The van der Waals surface area contributed by atoms with E-state index in [1.807, 2.05) is 51.1 Å². The standard InChI is InChI=1S/C15H23NO2S/c1-6-7-14(16-19(17)15(2,3)4)12-8-10-13(18-5)11-9-12/h6,8-11,14,16H,1,7H2,2-5H3/t14-,19+/m0/s1. The maximum atomic E-state index is 12.2. The molecule has 106 valence electrons. The van der Waals surface area contributed by atoms with Crippen LogP contribution in [0.3, 0.4) is 0 Å². The largest absolute Gasteiger partial charge is 0.497 e. The molecule has 0 amide bonds. The summed E-state index contributed by atoms with van der Waals surface area (Å²) >= 11 is 0. The second-order valence-electron chi connectivity index (χ2n) is 5.35. The van der Waals surface area contributed by atoms with Gasteiger partial charge in [-0.15, -0.1) is 6.58 Å². The Labute approximate surface area is 118 Å². The molecule has 1 aromatic rings. The van der Waals surface area contributed by atoms with Gasteiger partial charge in [0.05, 0.1) is 22.8 Å². The topological polar surface area (TPSA) is 38.3 Å². The van der Waals surface area contributed by atoms with Crippen LogP contribution >= 0.6 is 0 Å². The van der Waals surface area contributed by atoms with Gasteiger partial charge < -0.3 is 4.74 Å². The van der Waals surface area contributed by atoms with E-state index in [0.717, 1.165) is 17.7 Å². The van der Waals surface area contributed by atoms with Gasteiger partial charge in [0.15, 0.2) is 0 Å². The van der Waals surface area contributed by atoms with Gasteiger partial charge in [0.2, 0.25) is 0 Å². The van der Waals surface area contributed by atoms with E-state index in [2.05, 4.69) is 11.3 Å². The highest BCUT2D eigenvalue weighted by Gasteiger charge is 2.23. The molecule has 0 radical (unpaired) electrons. The summed E-state index contributed by atoms with van der Waals surface area (Å²) < 4.78 is 20.2. The number of rotatable bonds is 6. The summed E-state index contributed by atoms with van der Waals surface area (Å²) in [4.78, 5) is 0. The van der Waals surface area contributed by atoms with Crippen LogP contribution in [-0.4, -0.2) is 16.1 Å². The first-order chi connectivity index (χ1) is 8.88. The molecule has 0 aliphatic heterocycles. The van der Waals surface area contributed by atoms with Gasteiger partial charge in [-0.25, -0.2) is 8.93 Å². The monoisotopic (exact) mass is 281 g/mol. The summed E-state index contributed by atoms with van der Waals surface area (Å²) in [7, 11) is 0.536. The summed E-state index contributed by atoms with van der Waals surface area (Å²) in [6.07, 6.45) is 2.57. The second kappa shape index (κ2) is 6.87. The molecule has 0 saturated carbocycles. The van der Waals surface area contributed by atoms with Crippen LogP contribution in [0.15, 0.2) is 36.9 Å². The molecule has 4 heteroatoms. The van der Waals surface area contributed by atoms with Crippen molar-refractivity contribution < 1.29 is 8.95 Å². The van der Waals surface area contributed by atoms with E-state index in [1.165, 1.54) is 0 Å². The Morgan fingerprint density at radius 3 is 2.37 bits per heavy atom. The Morgan fingerprint density at radius 1 is 1.37 bits per heavy atom. The van der Waals surface area contributed by atoms with Crippen molar-refractivity contribution in [1.29, 1.82) is 0 Å². The van der Waals surface area contributed by atoms with E-state index < -0.39 is 11.0 Å². The zero-order chi connectivity index (χ0) is 14.5. The Hall–Kier alpha value is -1.13. The van der Waals surface area contributed by atoms with Gasteiger partial charge in [0.25, 0.3) is 0 Å². The minimum Gasteiger partial charge on any atom is -0.497 e. The molecule has 0 heterocycles. The van der Waals surface area contributed by atoms with Crippen molar-refractivity contribution in [3.63, 3.8) is 0 Å². The zero-order valence-electron chi connectivity index (χ0n) is 12.1. The SMILES string of the molecule is C=CC[C@H](N[S@](=O)C(C)(C)C)c1ccc(OC)cc1. The lowest BCUT2D eigenvalue weighted by molar-refractivity contribution is 0.414. The summed E-state index contributed by atoms with van der Waals surface area (Å²) in [5, 5.41) is 0. The lowest BCUT2D eigenvalue weighted by Gasteiger charge is -2.24. The fourth-order valence-electron chi connectivity index (χ4n) is 1.56. The summed E-state index contributed by atoms with van der Waals surface area (Å²) in [5.41, 5.74) is 1.08. The first kappa shape index (κ1) is 15.9. The Morgan fingerprint density at radius 2 is 1.95 bits per heavy atom. The number of hydrogen-bond acceptors (Lipinski definition) is 2. The molecule has 0 bridgehead atoms. The van der Waals surface area contributed by atoms with Crippen LogP contribution < -0.4 is 9.46 Å². The van der Waals surface area contributed by atoms with E-state index in [1.54, 1.807) is 7.11 Å². The van der Waals surface area contributed by atoms with Crippen LogP contribution in [0.5, 0.6) is 5.75 Å². The van der Waals surface area contributed by atoms with Gasteiger partial charge in [-0.1, -0.05) is 18.2 Å². The molecule has 0 fully saturated rings. The van der Waals surface area contributed by atoms with Crippen molar-refractivity contribution in [3.8, 4) is 5.75 Å². The third kappa shape index (κ3) is 4.80. The van der Waals surface area contributed by atoms with Gasteiger partial charge >= 0.3 is 0 Å². The number of hydrogen-bond donors (Lipinski definition) is 1. The number of ether oxygens (including phenoxy) is 1. The lowest BCUT2D eigenvalue weighted by atomic mass is 10.0. The molecule has 0 unspecified atom stereocenters. The predicted molar refractivity (Wildman–Crippen MR) is 81.6 cm³/mol. The molecule has 0 aliphatic rings. The first-order valence-electron chi connectivity index (χ1n) is 6.31. The molecule has 1 rings (SSSR count). The van der Waals surface area contributed by atoms with Crippen LogP contribution in [0.25, 0.3) is 0 Å². The van der Waals surface area contributed by atoms with Crippen molar-refractivity contribution in [1.82, 2.24) is 4.72 Å². The third-order valence-electron chi connectivity index (χ3n) is 2.73. The zero-order valence-corrected chi connectivity index (χ0v) is 12.9. The summed E-state index contributed by atoms with van der Waals surface area (Å²) in [6, 6.07) is 7.79. The molecule has 0 aromatic heterocycles. The molecular formula is C15H23NO2S. The van der Waals surface area contributed by atoms with E-state index >= 15 is 0 Å². The van der Waals surface area contributed by atoms with Crippen molar-refractivity contribution >= 4 is 11.0 Å². The second-order valence-corrected chi connectivity index (χ2v) is 7.35. The Bertz CT molecular complexity index is 434. The van der Waals surface area contributed by atoms with E-state index in [0.29, 0.717) is 0 Å². The van der Waals surface area contributed by atoms with Crippen LogP contribution in [-0.2, 0) is 11.0 Å². The average Bonchev–Trinajstić information content (AvgIpc) is 2.37. The van der Waals surface area contributed by atoms with Gasteiger partial charge in [-0.05, 0) is 44.9 Å². The number of methoxy groups -OCH3 is 1. The van der Waals surface area contributed by atoms with Gasteiger partial charge in [0.1, 0.15) is 5.75 Å². The lowest BCUT2D eigenvalue weighted by Crippen LogP contribution is -2.35. The molecule has 0 spiro atoms. The molecule has 1 aromatic carbocycles. The molecule has 0 saturated heterocycles. The molecule has 3 nitrogen and oxygen atoms in total. The van der Waals surface area contributed by atoms with Crippen LogP contribution in [0.2, 0.25) is 0 Å². The predicted octanol–water partition coefficient (Wildman–Crippen LogP) is 3.36. The van der Waals surface area contributed by atoms with Crippen molar-refractivity contribution in [3.05, 3.63) is 42.5 Å². The highest BCUT2D eigenvalue weighted by molar-refractivity contribution is 7.84.